The van der Waals surface area contributed by atoms with Crippen LogP contribution in [0.25, 0.3) is 0 Å². The molecule has 1 fully saturated rings. The Morgan fingerprint density at radius 3 is 2.18 bits per heavy atom. The number of methoxy groups -OCH3 is 1. The number of hydrogen-bond acceptors (Lipinski definition) is 6. The van der Waals surface area contributed by atoms with Crippen molar-refractivity contribution in [2.24, 2.45) is 0 Å². The van der Waals surface area contributed by atoms with E-state index in [-0.39, 0.29) is 41.7 Å². The molecule has 1 saturated heterocycles. The number of nitro benzene ring substituents is 1. The van der Waals surface area contributed by atoms with E-state index in [2.05, 4.69) is 0 Å². The van der Waals surface area contributed by atoms with Gasteiger partial charge in [0.05, 0.1) is 30.1 Å². The van der Waals surface area contributed by atoms with Gasteiger partial charge in [0, 0.05) is 32.2 Å². The molecule has 0 aliphatic carbocycles. The predicted molar refractivity (Wildman–Crippen MR) is 123 cm³/mol. The summed E-state index contributed by atoms with van der Waals surface area (Å²) in [6, 6.07) is 12.1. The number of piperazine rings is 1. The van der Waals surface area contributed by atoms with E-state index in [1.165, 1.54) is 24.1 Å². The van der Waals surface area contributed by atoms with E-state index in [0.717, 1.165) is 5.56 Å². The molecule has 0 saturated carbocycles. The van der Waals surface area contributed by atoms with E-state index in [9.17, 15) is 19.7 Å². The molecule has 0 unspecified atom stereocenters. The highest BCUT2D eigenvalue weighted by atomic mass is 16.6. The highest BCUT2D eigenvalue weighted by molar-refractivity contribution is 5.99. The molecule has 1 heterocycles. The van der Waals surface area contributed by atoms with E-state index in [1.54, 1.807) is 11.8 Å². The number of carbonyl (C=O) groups excluding carboxylic acids is 2. The summed E-state index contributed by atoms with van der Waals surface area (Å²) in [6.07, 6.45) is 0. The van der Waals surface area contributed by atoms with Crippen molar-refractivity contribution < 1.29 is 24.0 Å². The first-order valence-corrected chi connectivity index (χ1v) is 10.8. The summed E-state index contributed by atoms with van der Waals surface area (Å²) in [5.74, 6) is -0.0296. The fourth-order valence-corrected chi connectivity index (χ4v) is 3.96. The maximum Gasteiger partial charge on any atom is 0.286 e. The molecule has 1 aliphatic rings. The summed E-state index contributed by atoms with van der Waals surface area (Å²) >= 11 is 0. The van der Waals surface area contributed by atoms with Crippen molar-refractivity contribution in [2.45, 2.75) is 26.2 Å². The zero-order chi connectivity index (χ0) is 24.2. The number of nitrogens with zero attached hydrogens (tertiary/aromatic N) is 3. The molecule has 0 atom stereocenters. The molecule has 0 N–H and O–H groups in total. The van der Waals surface area contributed by atoms with Crippen LogP contribution < -0.4 is 9.47 Å². The summed E-state index contributed by atoms with van der Waals surface area (Å²) < 4.78 is 10.7. The van der Waals surface area contributed by atoms with Crippen molar-refractivity contribution in [3.8, 4) is 11.5 Å². The van der Waals surface area contributed by atoms with Gasteiger partial charge in [-0.15, -0.1) is 0 Å². The summed E-state index contributed by atoms with van der Waals surface area (Å²) in [5.41, 5.74) is -0.183. The molecule has 0 bridgehead atoms. The molecule has 176 valence electrons. The Morgan fingerprint density at radius 1 is 1.03 bits per heavy atom. The molecule has 0 spiro atoms. The van der Waals surface area contributed by atoms with Crippen LogP contribution in [-0.4, -0.2) is 66.4 Å². The maximum absolute atomic E-state index is 13.2. The summed E-state index contributed by atoms with van der Waals surface area (Å²) in [5, 5.41) is 11.6. The molecule has 2 aromatic carbocycles. The van der Waals surface area contributed by atoms with E-state index in [0.29, 0.717) is 19.7 Å². The quantitative estimate of drug-likeness (QED) is 0.469. The third-order valence-corrected chi connectivity index (χ3v) is 5.89. The average molecular weight is 456 g/mol. The molecule has 3 rings (SSSR count). The van der Waals surface area contributed by atoms with Crippen LogP contribution in [0.1, 0.15) is 36.7 Å². The standard InChI is InChI=1S/C24H29N3O6/c1-5-33-21-16-19(27(30)31)18(15-20(21)32-4)22(28)25-11-13-26(14-12-25)23(29)24(2,3)17-9-7-6-8-10-17/h6-10,15-16H,5,11-14H2,1-4H3. The summed E-state index contributed by atoms with van der Waals surface area (Å²) in [6.45, 7) is 7.09. The highest BCUT2D eigenvalue weighted by Gasteiger charge is 2.36. The van der Waals surface area contributed by atoms with E-state index >= 15 is 0 Å². The van der Waals surface area contributed by atoms with Gasteiger partial charge in [-0.2, -0.15) is 0 Å². The Kier molecular flexibility index (Phi) is 7.20. The molecule has 2 amide bonds. The number of carbonyl (C=O) groups is 2. The molecular formula is C24H29N3O6. The number of amides is 2. The first-order valence-electron chi connectivity index (χ1n) is 10.8. The molecular weight excluding hydrogens is 426 g/mol. The van der Waals surface area contributed by atoms with Gasteiger partial charge in [-0.3, -0.25) is 19.7 Å². The van der Waals surface area contributed by atoms with Crippen LogP contribution in [0.2, 0.25) is 0 Å². The highest BCUT2D eigenvalue weighted by Crippen LogP contribution is 2.35. The van der Waals surface area contributed by atoms with Gasteiger partial charge in [-0.05, 0) is 26.3 Å². The number of rotatable bonds is 7. The monoisotopic (exact) mass is 455 g/mol. The van der Waals surface area contributed by atoms with E-state index in [1.807, 2.05) is 44.2 Å². The normalized spacial score (nSPS) is 14.1. The molecule has 0 radical (unpaired) electrons. The lowest BCUT2D eigenvalue weighted by atomic mass is 9.83. The number of ether oxygens (including phenoxy) is 2. The molecule has 1 aliphatic heterocycles. The third-order valence-electron chi connectivity index (χ3n) is 5.89. The van der Waals surface area contributed by atoms with Gasteiger partial charge in [0.2, 0.25) is 5.91 Å². The van der Waals surface area contributed by atoms with Crippen molar-refractivity contribution in [1.29, 1.82) is 0 Å². The average Bonchev–Trinajstić information content (AvgIpc) is 2.83. The van der Waals surface area contributed by atoms with Gasteiger partial charge in [0.25, 0.3) is 11.6 Å². The van der Waals surface area contributed by atoms with Crippen LogP contribution in [0.5, 0.6) is 11.5 Å². The second-order valence-corrected chi connectivity index (χ2v) is 8.29. The van der Waals surface area contributed by atoms with Crippen LogP contribution in [0.4, 0.5) is 5.69 Å². The largest absolute Gasteiger partial charge is 0.493 e. The summed E-state index contributed by atoms with van der Waals surface area (Å²) in [7, 11) is 1.41. The molecule has 9 nitrogen and oxygen atoms in total. The van der Waals surface area contributed by atoms with Crippen molar-refractivity contribution in [3.05, 3.63) is 63.7 Å². The Balaban J connectivity index is 1.76. The minimum atomic E-state index is -0.700. The van der Waals surface area contributed by atoms with Gasteiger partial charge >= 0.3 is 0 Å². The lowest BCUT2D eigenvalue weighted by Gasteiger charge is -2.38. The van der Waals surface area contributed by atoms with Crippen LogP contribution >= 0.6 is 0 Å². The van der Waals surface area contributed by atoms with E-state index in [4.69, 9.17) is 9.47 Å². The van der Waals surface area contributed by atoms with Gasteiger partial charge in [0.15, 0.2) is 11.5 Å². The van der Waals surface area contributed by atoms with Crippen LogP contribution in [0.3, 0.4) is 0 Å². The Morgan fingerprint density at radius 2 is 1.64 bits per heavy atom. The second kappa shape index (κ2) is 9.89. The molecule has 2 aromatic rings. The zero-order valence-corrected chi connectivity index (χ0v) is 19.4. The van der Waals surface area contributed by atoms with Crippen molar-refractivity contribution in [3.63, 3.8) is 0 Å². The van der Waals surface area contributed by atoms with Gasteiger partial charge in [-0.25, -0.2) is 0 Å². The molecule has 33 heavy (non-hydrogen) atoms. The van der Waals surface area contributed by atoms with Crippen molar-refractivity contribution in [1.82, 2.24) is 9.80 Å². The zero-order valence-electron chi connectivity index (χ0n) is 19.4. The molecule has 9 heteroatoms. The van der Waals surface area contributed by atoms with E-state index < -0.39 is 16.2 Å². The lowest BCUT2D eigenvalue weighted by Crippen LogP contribution is -2.54. The fraction of sp³-hybridized carbons (Fsp3) is 0.417. The third kappa shape index (κ3) is 4.92. The maximum atomic E-state index is 13.2. The Hall–Kier alpha value is -3.62. The Bertz CT molecular complexity index is 1030. The number of hydrogen-bond donors (Lipinski definition) is 0. The minimum Gasteiger partial charge on any atom is -0.493 e. The van der Waals surface area contributed by atoms with Gasteiger partial charge < -0.3 is 19.3 Å². The molecule has 0 aromatic heterocycles. The Labute approximate surface area is 193 Å². The van der Waals surface area contributed by atoms with Crippen molar-refractivity contribution in [2.75, 3.05) is 39.9 Å². The van der Waals surface area contributed by atoms with Crippen LogP contribution in [0.15, 0.2) is 42.5 Å². The number of nitro groups is 1. The van der Waals surface area contributed by atoms with Gasteiger partial charge in [-0.1, -0.05) is 30.3 Å². The summed E-state index contributed by atoms with van der Waals surface area (Å²) in [4.78, 5) is 40.7. The topological polar surface area (TPSA) is 102 Å². The van der Waals surface area contributed by atoms with Crippen LogP contribution in [0, 0.1) is 10.1 Å². The first-order chi connectivity index (χ1) is 15.7. The van der Waals surface area contributed by atoms with Gasteiger partial charge in [0.1, 0.15) is 5.56 Å². The fourth-order valence-electron chi connectivity index (χ4n) is 3.96. The smallest absolute Gasteiger partial charge is 0.286 e. The minimum absolute atomic E-state index is 0.0190. The number of benzene rings is 2. The lowest BCUT2D eigenvalue weighted by molar-refractivity contribution is -0.385. The van der Waals surface area contributed by atoms with Crippen LogP contribution in [-0.2, 0) is 10.2 Å². The van der Waals surface area contributed by atoms with Crippen molar-refractivity contribution >= 4 is 17.5 Å². The SMILES string of the molecule is CCOc1cc([N+](=O)[O-])c(C(=O)N2CCN(C(=O)C(C)(C)c3ccccc3)CC2)cc1OC. The first kappa shape index (κ1) is 24.0. The predicted octanol–water partition coefficient (Wildman–Crippen LogP) is 3.26. The second-order valence-electron chi connectivity index (χ2n) is 8.29.